The highest BCUT2D eigenvalue weighted by Gasteiger charge is 2.17. The third-order valence-electron chi connectivity index (χ3n) is 3.78. The van der Waals surface area contributed by atoms with Crippen LogP contribution in [0.5, 0.6) is 5.75 Å². The molecule has 0 fully saturated rings. The van der Waals surface area contributed by atoms with E-state index in [-0.39, 0.29) is 11.4 Å². The highest BCUT2D eigenvalue weighted by atomic mass is 32.2. The number of aromatic nitrogens is 2. The SMILES string of the molecule is COc1ccc(S(=O)(=O)NCCc2nc(-c3ccccn3)cs2)c(C)c1. The molecule has 0 aliphatic carbocycles. The van der Waals surface area contributed by atoms with Crippen LogP contribution in [0.1, 0.15) is 10.6 Å². The normalized spacial score (nSPS) is 11.5. The fraction of sp³-hybridized carbons (Fsp3) is 0.222. The number of aryl methyl sites for hydroxylation is 1. The van der Waals surface area contributed by atoms with Crippen molar-refractivity contribution in [3.05, 3.63) is 58.5 Å². The van der Waals surface area contributed by atoms with Crippen molar-refractivity contribution < 1.29 is 13.2 Å². The monoisotopic (exact) mass is 389 g/mol. The van der Waals surface area contributed by atoms with E-state index in [0.717, 1.165) is 16.4 Å². The van der Waals surface area contributed by atoms with Crippen molar-refractivity contribution in [2.24, 2.45) is 0 Å². The van der Waals surface area contributed by atoms with Crippen molar-refractivity contribution in [1.29, 1.82) is 0 Å². The summed E-state index contributed by atoms with van der Waals surface area (Å²) in [4.78, 5) is 9.04. The second kappa shape index (κ2) is 7.94. The lowest BCUT2D eigenvalue weighted by molar-refractivity contribution is 0.414. The first kappa shape index (κ1) is 18.5. The summed E-state index contributed by atoms with van der Waals surface area (Å²) in [6, 6.07) is 10.6. The van der Waals surface area contributed by atoms with Crippen LogP contribution in [0.25, 0.3) is 11.4 Å². The Morgan fingerprint density at radius 3 is 2.73 bits per heavy atom. The highest BCUT2D eigenvalue weighted by molar-refractivity contribution is 7.89. The van der Waals surface area contributed by atoms with E-state index in [4.69, 9.17) is 4.74 Å². The first-order valence-electron chi connectivity index (χ1n) is 8.00. The van der Waals surface area contributed by atoms with E-state index in [1.54, 1.807) is 38.4 Å². The van der Waals surface area contributed by atoms with Crippen LogP contribution in [0.3, 0.4) is 0 Å². The topological polar surface area (TPSA) is 81.2 Å². The molecule has 0 aliphatic heterocycles. The van der Waals surface area contributed by atoms with Gasteiger partial charge in [0.25, 0.3) is 0 Å². The average Bonchev–Trinajstić information content (AvgIpc) is 3.11. The predicted molar refractivity (Wildman–Crippen MR) is 102 cm³/mol. The van der Waals surface area contributed by atoms with Gasteiger partial charge in [-0.3, -0.25) is 4.98 Å². The van der Waals surface area contributed by atoms with E-state index >= 15 is 0 Å². The van der Waals surface area contributed by atoms with Gasteiger partial charge in [0.1, 0.15) is 5.75 Å². The largest absolute Gasteiger partial charge is 0.497 e. The molecule has 3 aromatic rings. The molecule has 2 heterocycles. The lowest BCUT2D eigenvalue weighted by atomic mass is 10.2. The maximum Gasteiger partial charge on any atom is 0.240 e. The molecular formula is C18H19N3O3S2. The van der Waals surface area contributed by atoms with Crippen LogP contribution in [-0.4, -0.2) is 32.0 Å². The van der Waals surface area contributed by atoms with Crippen LogP contribution in [0.2, 0.25) is 0 Å². The minimum absolute atomic E-state index is 0.256. The molecule has 0 radical (unpaired) electrons. The van der Waals surface area contributed by atoms with Gasteiger partial charge >= 0.3 is 0 Å². The van der Waals surface area contributed by atoms with Crippen molar-refractivity contribution in [1.82, 2.24) is 14.7 Å². The highest BCUT2D eigenvalue weighted by Crippen LogP contribution is 2.22. The minimum atomic E-state index is -3.57. The number of nitrogens with one attached hydrogen (secondary N) is 1. The van der Waals surface area contributed by atoms with E-state index in [9.17, 15) is 8.42 Å². The molecule has 136 valence electrons. The number of ether oxygens (including phenoxy) is 1. The Morgan fingerprint density at radius 1 is 1.19 bits per heavy atom. The number of sulfonamides is 1. The molecule has 0 spiro atoms. The third kappa shape index (κ3) is 4.27. The zero-order chi connectivity index (χ0) is 18.6. The van der Waals surface area contributed by atoms with Crippen LogP contribution in [0.4, 0.5) is 0 Å². The van der Waals surface area contributed by atoms with Crippen LogP contribution >= 0.6 is 11.3 Å². The number of thiazole rings is 1. The van der Waals surface area contributed by atoms with Gasteiger partial charge in [-0.1, -0.05) is 6.07 Å². The minimum Gasteiger partial charge on any atom is -0.497 e. The molecule has 0 atom stereocenters. The molecule has 0 unspecified atom stereocenters. The quantitative estimate of drug-likeness (QED) is 0.672. The van der Waals surface area contributed by atoms with E-state index in [0.29, 0.717) is 17.7 Å². The van der Waals surface area contributed by atoms with Crippen molar-refractivity contribution in [3.8, 4) is 17.1 Å². The van der Waals surface area contributed by atoms with Crippen LogP contribution in [0.15, 0.2) is 52.9 Å². The second-order valence-corrected chi connectivity index (χ2v) is 8.30. The van der Waals surface area contributed by atoms with Crippen molar-refractivity contribution in [3.63, 3.8) is 0 Å². The van der Waals surface area contributed by atoms with Gasteiger partial charge in [0, 0.05) is 24.5 Å². The molecule has 0 saturated carbocycles. The predicted octanol–water partition coefficient (Wildman–Crippen LogP) is 3.04. The summed E-state index contributed by atoms with van der Waals surface area (Å²) < 4.78 is 32.7. The van der Waals surface area contributed by atoms with Crippen LogP contribution < -0.4 is 9.46 Å². The zero-order valence-corrected chi connectivity index (χ0v) is 16.1. The lowest BCUT2D eigenvalue weighted by Gasteiger charge is -2.10. The summed E-state index contributed by atoms with van der Waals surface area (Å²) in [5.74, 6) is 0.631. The van der Waals surface area contributed by atoms with Gasteiger partial charge in [-0.25, -0.2) is 18.1 Å². The Labute approximate surface area is 157 Å². The fourth-order valence-electron chi connectivity index (χ4n) is 2.48. The Kier molecular flexibility index (Phi) is 5.65. The number of benzene rings is 1. The third-order valence-corrected chi connectivity index (χ3v) is 6.31. The molecule has 0 bridgehead atoms. The Bertz CT molecular complexity index is 986. The van der Waals surface area contributed by atoms with E-state index in [2.05, 4.69) is 14.7 Å². The standard InChI is InChI=1S/C18H19N3O3S2/c1-13-11-14(24-2)6-7-17(13)26(22,23)20-10-8-18-21-16(12-25-18)15-5-3-4-9-19-15/h3-7,9,11-12,20H,8,10H2,1-2H3. The van der Waals surface area contributed by atoms with Crippen LogP contribution in [-0.2, 0) is 16.4 Å². The second-order valence-electron chi connectivity index (χ2n) is 5.62. The molecule has 26 heavy (non-hydrogen) atoms. The molecule has 0 amide bonds. The molecule has 2 aromatic heterocycles. The number of nitrogens with zero attached hydrogens (tertiary/aromatic N) is 2. The first-order chi connectivity index (χ1) is 12.5. The maximum absolute atomic E-state index is 12.5. The molecule has 8 heteroatoms. The molecular weight excluding hydrogens is 370 g/mol. The van der Waals surface area contributed by atoms with E-state index in [1.807, 2.05) is 23.6 Å². The van der Waals surface area contributed by atoms with Gasteiger partial charge < -0.3 is 4.74 Å². The molecule has 1 N–H and O–H groups in total. The molecule has 3 rings (SSSR count). The summed E-state index contributed by atoms with van der Waals surface area (Å²) in [7, 11) is -2.02. The number of methoxy groups -OCH3 is 1. The molecule has 6 nitrogen and oxygen atoms in total. The Hall–Kier alpha value is -2.29. The molecule has 1 aromatic carbocycles. The van der Waals surface area contributed by atoms with E-state index in [1.165, 1.54) is 11.3 Å². The van der Waals surface area contributed by atoms with Gasteiger partial charge in [-0.05, 0) is 42.8 Å². The molecule has 0 saturated heterocycles. The van der Waals surface area contributed by atoms with Crippen molar-refractivity contribution in [2.75, 3.05) is 13.7 Å². The smallest absolute Gasteiger partial charge is 0.240 e. The number of rotatable bonds is 7. The summed E-state index contributed by atoms with van der Waals surface area (Å²) >= 11 is 1.50. The summed E-state index contributed by atoms with van der Waals surface area (Å²) in [5, 5.41) is 2.79. The van der Waals surface area contributed by atoms with Gasteiger partial charge in [-0.2, -0.15) is 0 Å². The number of pyridine rings is 1. The summed E-state index contributed by atoms with van der Waals surface area (Å²) in [5.41, 5.74) is 2.26. The van der Waals surface area contributed by atoms with Gasteiger partial charge in [-0.15, -0.1) is 11.3 Å². The Morgan fingerprint density at radius 2 is 2.04 bits per heavy atom. The lowest BCUT2D eigenvalue weighted by Crippen LogP contribution is -2.26. The molecule has 0 aliphatic rings. The average molecular weight is 390 g/mol. The summed E-state index contributed by atoms with van der Waals surface area (Å²) in [6.45, 7) is 2.03. The first-order valence-corrected chi connectivity index (χ1v) is 10.4. The Balaban J connectivity index is 1.63. The van der Waals surface area contributed by atoms with Gasteiger partial charge in [0.15, 0.2) is 0 Å². The number of hydrogen-bond donors (Lipinski definition) is 1. The van der Waals surface area contributed by atoms with Gasteiger partial charge in [0.2, 0.25) is 10.0 Å². The number of hydrogen-bond acceptors (Lipinski definition) is 6. The van der Waals surface area contributed by atoms with Crippen molar-refractivity contribution >= 4 is 21.4 Å². The fourth-order valence-corrected chi connectivity index (χ4v) is 4.53. The van der Waals surface area contributed by atoms with Crippen LogP contribution in [0, 0.1) is 6.92 Å². The van der Waals surface area contributed by atoms with Crippen molar-refractivity contribution in [2.45, 2.75) is 18.2 Å². The zero-order valence-electron chi connectivity index (χ0n) is 14.5. The van der Waals surface area contributed by atoms with Gasteiger partial charge in [0.05, 0.1) is 28.4 Å². The summed E-state index contributed by atoms with van der Waals surface area (Å²) in [6.07, 6.45) is 2.24. The van der Waals surface area contributed by atoms with E-state index < -0.39 is 10.0 Å². The maximum atomic E-state index is 12.5.